The summed E-state index contributed by atoms with van der Waals surface area (Å²) in [6.45, 7) is 2.03. The van der Waals surface area contributed by atoms with Crippen LogP contribution in [-0.2, 0) is 10.0 Å². The first kappa shape index (κ1) is 21.3. The maximum atomic E-state index is 13.2. The molecule has 1 aromatic heterocycles. The van der Waals surface area contributed by atoms with Crippen LogP contribution in [0.15, 0.2) is 102 Å². The monoisotopic (exact) mass is 446 g/mol. The number of aromatic nitrogens is 2. The van der Waals surface area contributed by atoms with Crippen molar-refractivity contribution in [3.8, 4) is 5.69 Å². The number of sulfonamides is 1. The molecule has 8 heteroatoms. The predicted octanol–water partition coefficient (Wildman–Crippen LogP) is 4.34. The zero-order valence-electron chi connectivity index (χ0n) is 17.4. The Morgan fingerprint density at radius 2 is 1.62 bits per heavy atom. The average Bonchev–Trinajstić information content (AvgIpc) is 3.29. The number of hydrogen-bond donors (Lipinski definition) is 1. The largest absolute Gasteiger partial charge is 0.305 e. The molecule has 162 valence electrons. The molecule has 32 heavy (non-hydrogen) atoms. The third kappa shape index (κ3) is 4.40. The second-order valence-corrected chi connectivity index (χ2v) is 8.83. The Morgan fingerprint density at radius 3 is 2.31 bits per heavy atom. The van der Waals surface area contributed by atoms with Gasteiger partial charge in [-0.05, 0) is 49.4 Å². The summed E-state index contributed by atoms with van der Waals surface area (Å²) in [4.78, 5) is 12.8. The van der Waals surface area contributed by atoms with Crippen LogP contribution in [0.25, 0.3) is 5.69 Å². The lowest BCUT2D eigenvalue weighted by atomic mass is 10.2. The van der Waals surface area contributed by atoms with Gasteiger partial charge in [-0.15, -0.1) is 0 Å². The van der Waals surface area contributed by atoms with Crippen LogP contribution in [0.3, 0.4) is 0 Å². The van der Waals surface area contributed by atoms with Crippen molar-refractivity contribution < 1.29 is 13.2 Å². The van der Waals surface area contributed by atoms with Crippen molar-refractivity contribution >= 4 is 27.4 Å². The Balaban J connectivity index is 1.56. The van der Waals surface area contributed by atoms with Gasteiger partial charge in [0, 0.05) is 24.4 Å². The van der Waals surface area contributed by atoms with Gasteiger partial charge in [0.05, 0.1) is 16.3 Å². The quantitative estimate of drug-likeness (QED) is 0.458. The van der Waals surface area contributed by atoms with Crippen molar-refractivity contribution in [2.24, 2.45) is 0 Å². The minimum atomic E-state index is -3.83. The fourth-order valence-corrected chi connectivity index (χ4v) is 4.83. The van der Waals surface area contributed by atoms with Gasteiger partial charge in [-0.25, -0.2) is 13.1 Å². The third-order valence-electron chi connectivity index (χ3n) is 4.87. The molecule has 1 heterocycles. The highest BCUT2D eigenvalue weighted by Gasteiger charge is 2.24. The fraction of sp³-hybridized carbons (Fsp3) is 0.0833. The van der Waals surface area contributed by atoms with Gasteiger partial charge >= 0.3 is 0 Å². The van der Waals surface area contributed by atoms with E-state index in [4.69, 9.17) is 0 Å². The molecule has 0 atom stereocenters. The first-order valence-corrected chi connectivity index (χ1v) is 11.5. The normalized spacial score (nSPS) is 11.2. The van der Waals surface area contributed by atoms with Crippen LogP contribution in [0.4, 0.5) is 11.5 Å². The molecule has 0 saturated carbocycles. The van der Waals surface area contributed by atoms with E-state index < -0.39 is 15.9 Å². The maximum Gasteiger partial charge on any atom is 0.264 e. The molecular formula is C24H22N4O3S. The van der Waals surface area contributed by atoms with Gasteiger partial charge in [0.25, 0.3) is 15.9 Å². The number of rotatable bonds is 7. The van der Waals surface area contributed by atoms with Gasteiger partial charge in [0.2, 0.25) is 0 Å². The summed E-state index contributed by atoms with van der Waals surface area (Å²) in [5.41, 5.74) is 1.66. The molecule has 3 aromatic carbocycles. The summed E-state index contributed by atoms with van der Waals surface area (Å²) in [6.07, 6.45) is 1.74. The number of anilines is 2. The first-order valence-electron chi connectivity index (χ1n) is 10.1. The number of carbonyl (C=O) groups is 1. The molecular weight excluding hydrogens is 424 g/mol. The van der Waals surface area contributed by atoms with Gasteiger partial charge in [-0.1, -0.05) is 42.5 Å². The molecule has 7 nitrogen and oxygen atoms in total. The lowest BCUT2D eigenvalue weighted by molar-refractivity contribution is 0.102. The van der Waals surface area contributed by atoms with Crippen molar-refractivity contribution in [2.45, 2.75) is 11.8 Å². The molecule has 0 saturated heterocycles. The lowest BCUT2D eigenvalue weighted by Gasteiger charge is -2.23. The number of carbonyl (C=O) groups excluding carboxylic acids is 1. The Hall–Kier alpha value is -3.91. The Bertz CT molecular complexity index is 1320. The van der Waals surface area contributed by atoms with Gasteiger partial charge in [-0.2, -0.15) is 5.10 Å². The number of hydrogen-bond acceptors (Lipinski definition) is 4. The highest BCUT2D eigenvalue weighted by molar-refractivity contribution is 7.92. The standard InChI is InChI=1S/C24H22N4O3S/c1-2-28(21-13-7-4-8-14-21)32(30,31)22-15-9-10-19(18-22)24(29)25-23-16-17-27(26-23)20-11-5-3-6-12-20/h3-18H,2H2,1H3,(H,25,26,29). The number of nitrogens with zero attached hydrogens (tertiary/aromatic N) is 3. The van der Waals surface area contributed by atoms with E-state index in [1.165, 1.54) is 16.4 Å². The fourth-order valence-electron chi connectivity index (χ4n) is 3.31. The Labute approximate surface area is 187 Å². The second-order valence-electron chi connectivity index (χ2n) is 6.97. The van der Waals surface area contributed by atoms with E-state index in [2.05, 4.69) is 10.4 Å². The maximum absolute atomic E-state index is 13.2. The molecule has 0 spiro atoms. The first-order chi connectivity index (χ1) is 15.5. The molecule has 0 unspecified atom stereocenters. The highest BCUT2D eigenvalue weighted by atomic mass is 32.2. The van der Waals surface area contributed by atoms with Crippen LogP contribution in [0.5, 0.6) is 0 Å². The molecule has 0 aliphatic carbocycles. The number of benzene rings is 3. The van der Waals surface area contributed by atoms with E-state index >= 15 is 0 Å². The zero-order chi connectivity index (χ0) is 22.6. The molecule has 0 radical (unpaired) electrons. The Morgan fingerprint density at radius 1 is 0.938 bits per heavy atom. The number of nitrogens with one attached hydrogen (secondary N) is 1. The molecule has 4 aromatic rings. The minimum absolute atomic E-state index is 0.0469. The number of amides is 1. The van der Waals surface area contributed by atoms with Gasteiger partial charge in [-0.3, -0.25) is 9.10 Å². The van der Waals surface area contributed by atoms with Gasteiger partial charge in [0.1, 0.15) is 0 Å². The SMILES string of the molecule is CCN(c1ccccc1)S(=O)(=O)c1cccc(C(=O)Nc2ccn(-c3ccccc3)n2)c1. The smallest absolute Gasteiger partial charge is 0.264 e. The van der Waals surface area contributed by atoms with Crippen LogP contribution >= 0.6 is 0 Å². The van der Waals surface area contributed by atoms with Crippen molar-refractivity contribution in [3.63, 3.8) is 0 Å². The summed E-state index contributed by atoms with van der Waals surface area (Å²) in [5.74, 6) is -0.0743. The molecule has 0 fully saturated rings. The molecule has 1 amide bonds. The molecule has 1 N–H and O–H groups in total. The summed E-state index contributed by atoms with van der Waals surface area (Å²) in [5, 5.41) is 7.08. The summed E-state index contributed by atoms with van der Waals surface area (Å²) >= 11 is 0. The van der Waals surface area contributed by atoms with Crippen molar-refractivity contribution in [1.29, 1.82) is 0 Å². The zero-order valence-corrected chi connectivity index (χ0v) is 18.2. The number of para-hydroxylation sites is 2. The Kier molecular flexibility index (Phi) is 6.04. The van der Waals surface area contributed by atoms with E-state index in [0.717, 1.165) is 5.69 Å². The van der Waals surface area contributed by atoms with Crippen LogP contribution in [-0.4, -0.2) is 30.7 Å². The van der Waals surface area contributed by atoms with Crippen molar-refractivity contribution in [3.05, 3.63) is 103 Å². The molecule has 0 aliphatic heterocycles. The lowest BCUT2D eigenvalue weighted by Crippen LogP contribution is -2.31. The molecule has 0 bridgehead atoms. The second kappa shape index (κ2) is 9.07. The summed E-state index contributed by atoms with van der Waals surface area (Å²) in [7, 11) is -3.83. The van der Waals surface area contributed by atoms with E-state index in [0.29, 0.717) is 11.5 Å². The highest BCUT2D eigenvalue weighted by Crippen LogP contribution is 2.24. The third-order valence-corrected chi connectivity index (χ3v) is 6.77. The predicted molar refractivity (Wildman–Crippen MR) is 125 cm³/mol. The molecule has 4 rings (SSSR count). The summed E-state index contributed by atoms with van der Waals surface area (Å²) in [6, 6.07) is 26.1. The van der Waals surface area contributed by atoms with E-state index in [-0.39, 0.29) is 17.0 Å². The van der Waals surface area contributed by atoms with Gasteiger partial charge < -0.3 is 5.32 Å². The van der Waals surface area contributed by atoms with Crippen molar-refractivity contribution in [2.75, 3.05) is 16.2 Å². The molecule has 0 aliphatic rings. The topological polar surface area (TPSA) is 84.3 Å². The van der Waals surface area contributed by atoms with Crippen LogP contribution in [0.1, 0.15) is 17.3 Å². The van der Waals surface area contributed by atoms with E-state index in [1.54, 1.807) is 60.3 Å². The van der Waals surface area contributed by atoms with Crippen LogP contribution in [0, 0.1) is 0 Å². The van der Waals surface area contributed by atoms with Crippen LogP contribution in [0.2, 0.25) is 0 Å². The van der Waals surface area contributed by atoms with E-state index in [1.807, 2.05) is 36.4 Å². The van der Waals surface area contributed by atoms with Crippen LogP contribution < -0.4 is 9.62 Å². The summed E-state index contributed by atoms with van der Waals surface area (Å²) < 4.78 is 29.4. The van der Waals surface area contributed by atoms with Crippen molar-refractivity contribution in [1.82, 2.24) is 9.78 Å². The minimum Gasteiger partial charge on any atom is -0.305 e. The average molecular weight is 447 g/mol. The van der Waals surface area contributed by atoms with Gasteiger partial charge in [0.15, 0.2) is 5.82 Å². The van der Waals surface area contributed by atoms with E-state index in [9.17, 15) is 13.2 Å².